The molecule has 14 nitrogen and oxygen atoms in total. The second-order valence-corrected chi connectivity index (χ2v) is 8.01. The smallest absolute Gasteiger partial charge is 0.351 e. The number of aromatic amines is 1. The highest BCUT2D eigenvalue weighted by molar-refractivity contribution is 5.95. The molecule has 0 fully saturated rings. The number of aliphatic carboxylic acids is 1. The fourth-order valence-corrected chi connectivity index (χ4v) is 3.36. The largest absolute Gasteiger partial charge is 0.480 e. The lowest BCUT2D eigenvalue weighted by molar-refractivity contribution is -0.182. The van der Waals surface area contributed by atoms with Gasteiger partial charge >= 0.3 is 23.9 Å². The number of ether oxygens (including phenoxy) is 3. The summed E-state index contributed by atoms with van der Waals surface area (Å²) in [6, 6.07) is 5.70. The van der Waals surface area contributed by atoms with Crippen LogP contribution >= 0.6 is 0 Å². The van der Waals surface area contributed by atoms with Gasteiger partial charge in [0.2, 0.25) is 18.1 Å². The number of H-pyrrole nitrogens is 1. The number of nitrogens with zero attached hydrogens (tertiary/aromatic N) is 1. The van der Waals surface area contributed by atoms with Crippen molar-refractivity contribution < 1.29 is 48.1 Å². The molecular weight excluding hydrogens is 504 g/mol. The molecule has 4 unspecified atom stereocenters. The van der Waals surface area contributed by atoms with E-state index < -0.39 is 60.0 Å². The summed E-state index contributed by atoms with van der Waals surface area (Å²) >= 11 is 0. The number of carboxylic acid groups (broad SMARTS) is 1. The number of methoxy groups -OCH3 is 1. The van der Waals surface area contributed by atoms with E-state index in [1.165, 1.54) is 12.5 Å². The maximum absolute atomic E-state index is 13.2. The van der Waals surface area contributed by atoms with Gasteiger partial charge in [0.25, 0.3) is 5.91 Å². The summed E-state index contributed by atoms with van der Waals surface area (Å²) < 4.78 is 14.4. The highest BCUT2D eigenvalue weighted by atomic mass is 16.6. The number of hydrogen-bond acceptors (Lipinski definition) is 10. The van der Waals surface area contributed by atoms with Gasteiger partial charge in [0.15, 0.2) is 0 Å². The monoisotopic (exact) mass is 532 g/mol. The van der Waals surface area contributed by atoms with Crippen LogP contribution in [0.3, 0.4) is 0 Å². The minimum Gasteiger partial charge on any atom is -0.480 e. The summed E-state index contributed by atoms with van der Waals surface area (Å²) in [4.78, 5) is 80.2. The molecule has 2 amide bonds. The maximum atomic E-state index is 13.2. The van der Waals surface area contributed by atoms with Crippen molar-refractivity contribution in [2.45, 2.75) is 51.0 Å². The third-order valence-electron chi connectivity index (χ3n) is 5.06. The number of hydrogen-bond donors (Lipinski definition) is 4. The Bertz CT molecular complexity index is 1140. The molecule has 1 aromatic carbocycles. The van der Waals surface area contributed by atoms with Crippen molar-refractivity contribution in [2.75, 3.05) is 7.11 Å². The molecule has 2 aromatic rings. The molecule has 0 aliphatic carbocycles. The van der Waals surface area contributed by atoms with Crippen LogP contribution in [0.25, 0.3) is 0 Å². The lowest BCUT2D eigenvalue weighted by Crippen LogP contribution is -2.57. The molecule has 0 radical (unpaired) electrons. The standard InChI is InChI=1S/C24H28N4O10/c1-13(29)37-19(20(24(35)36-3)38-14(2)30)22(32)27-17(9-15-7-5-4-6-8-15)21(31)28-18(23(33)34)10-16-11-25-12-26-16/h4-8,11-12,17-20H,9-10H2,1-3H3,(H,25,26)(H,27,32)(H,28,31)(H,33,34). The van der Waals surface area contributed by atoms with Crippen molar-refractivity contribution in [3.05, 3.63) is 54.1 Å². The molecule has 0 aliphatic heterocycles. The number of imidazole rings is 1. The van der Waals surface area contributed by atoms with E-state index in [0.29, 0.717) is 11.3 Å². The second kappa shape index (κ2) is 14.1. The van der Waals surface area contributed by atoms with Gasteiger partial charge in [-0.3, -0.25) is 19.2 Å². The van der Waals surface area contributed by atoms with E-state index in [9.17, 15) is 33.9 Å². The van der Waals surface area contributed by atoms with Crippen LogP contribution in [0.4, 0.5) is 0 Å². The van der Waals surface area contributed by atoms with Crippen LogP contribution in [0.15, 0.2) is 42.9 Å². The third-order valence-corrected chi connectivity index (χ3v) is 5.06. The topological polar surface area (TPSA) is 203 Å². The highest BCUT2D eigenvalue weighted by Gasteiger charge is 2.41. The Morgan fingerprint density at radius 2 is 1.50 bits per heavy atom. The predicted molar refractivity (Wildman–Crippen MR) is 127 cm³/mol. The highest BCUT2D eigenvalue weighted by Crippen LogP contribution is 2.11. The lowest BCUT2D eigenvalue weighted by Gasteiger charge is -2.26. The summed E-state index contributed by atoms with van der Waals surface area (Å²) in [6.07, 6.45) is -1.44. The van der Waals surface area contributed by atoms with Crippen LogP contribution < -0.4 is 10.6 Å². The molecule has 4 atom stereocenters. The Labute approximate surface area is 217 Å². The number of benzene rings is 1. The summed E-state index contributed by atoms with van der Waals surface area (Å²) in [5.74, 6) is -6.51. The molecule has 0 saturated heterocycles. The van der Waals surface area contributed by atoms with Gasteiger partial charge in [-0.2, -0.15) is 0 Å². The van der Waals surface area contributed by atoms with E-state index in [0.717, 1.165) is 21.0 Å². The summed E-state index contributed by atoms with van der Waals surface area (Å²) in [6.45, 7) is 1.93. The van der Waals surface area contributed by atoms with Gasteiger partial charge in [0.1, 0.15) is 12.1 Å². The molecule has 14 heteroatoms. The molecule has 204 valence electrons. The van der Waals surface area contributed by atoms with Crippen LogP contribution in [0, 0.1) is 0 Å². The van der Waals surface area contributed by atoms with E-state index in [1.54, 1.807) is 30.3 Å². The van der Waals surface area contributed by atoms with E-state index in [4.69, 9.17) is 9.47 Å². The maximum Gasteiger partial charge on any atom is 0.351 e. The molecular formula is C24H28N4O10. The van der Waals surface area contributed by atoms with Crippen LogP contribution in [-0.4, -0.2) is 82.2 Å². The van der Waals surface area contributed by atoms with Gasteiger partial charge in [-0.15, -0.1) is 0 Å². The first kappa shape index (κ1) is 29.5. The molecule has 2 rings (SSSR count). The van der Waals surface area contributed by atoms with E-state index in [-0.39, 0.29) is 12.8 Å². The summed E-state index contributed by atoms with van der Waals surface area (Å²) in [5.41, 5.74) is 1.04. The number of carbonyl (C=O) groups is 6. The van der Waals surface area contributed by atoms with Crippen LogP contribution in [-0.2, 0) is 55.8 Å². The molecule has 4 N–H and O–H groups in total. The fraction of sp³-hybridized carbons (Fsp3) is 0.375. The first-order chi connectivity index (χ1) is 18.0. The first-order valence-corrected chi connectivity index (χ1v) is 11.3. The summed E-state index contributed by atoms with van der Waals surface area (Å²) in [5, 5.41) is 14.3. The van der Waals surface area contributed by atoms with Crippen molar-refractivity contribution >= 4 is 35.7 Å². The number of nitrogens with one attached hydrogen (secondary N) is 3. The van der Waals surface area contributed by atoms with Crippen molar-refractivity contribution in [1.82, 2.24) is 20.6 Å². The molecule has 1 aromatic heterocycles. The minimum absolute atomic E-state index is 0.0991. The third kappa shape index (κ3) is 9.04. The molecule has 0 bridgehead atoms. The number of esters is 3. The van der Waals surface area contributed by atoms with Crippen LogP contribution in [0.2, 0.25) is 0 Å². The van der Waals surface area contributed by atoms with Gasteiger partial charge in [-0.1, -0.05) is 30.3 Å². The van der Waals surface area contributed by atoms with Gasteiger partial charge < -0.3 is 34.9 Å². The first-order valence-electron chi connectivity index (χ1n) is 11.3. The predicted octanol–water partition coefficient (Wildman–Crippen LogP) is -0.714. The zero-order chi connectivity index (χ0) is 28.2. The van der Waals surface area contributed by atoms with Crippen LogP contribution in [0.5, 0.6) is 0 Å². The SMILES string of the molecule is COC(=O)C(OC(C)=O)C(OC(C)=O)C(=O)NC(Cc1ccccc1)C(=O)NC(Cc1cnc[nH]1)C(=O)O. The van der Waals surface area contributed by atoms with E-state index in [2.05, 4.69) is 25.3 Å². The number of aromatic nitrogens is 2. The number of rotatable bonds is 13. The minimum atomic E-state index is -2.00. The number of carboxylic acids is 1. The van der Waals surface area contributed by atoms with Crippen LogP contribution in [0.1, 0.15) is 25.1 Å². The second-order valence-electron chi connectivity index (χ2n) is 8.01. The normalized spacial score (nSPS) is 13.7. The van der Waals surface area contributed by atoms with E-state index >= 15 is 0 Å². The average Bonchev–Trinajstić information content (AvgIpc) is 3.38. The molecule has 38 heavy (non-hydrogen) atoms. The Balaban J connectivity index is 2.34. The quantitative estimate of drug-likeness (QED) is 0.187. The molecule has 1 heterocycles. The Morgan fingerprint density at radius 1 is 0.895 bits per heavy atom. The zero-order valence-electron chi connectivity index (χ0n) is 20.8. The van der Waals surface area contributed by atoms with Gasteiger partial charge in [0, 0.05) is 38.6 Å². The average molecular weight is 533 g/mol. The molecule has 0 saturated carbocycles. The van der Waals surface area contributed by atoms with Gasteiger partial charge in [-0.25, -0.2) is 14.6 Å². The van der Waals surface area contributed by atoms with E-state index in [1.807, 2.05) is 0 Å². The Kier molecular flexibility index (Phi) is 10.9. The Morgan fingerprint density at radius 3 is 2.03 bits per heavy atom. The fourth-order valence-electron chi connectivity index (χ4n) is 3.36. The van der Waals surface area contributed by atoms with Crippen molar-refractivity contribution in [3.63, 3.8) is 0 Å². The van der Waals surface area contributed by atoms with Crippen molar-refractivity contribution in [3.8, 4) is 0 Å². The zero-order valence-corrected chi connectivity index (χ0v) is 20.8. The number of carbonyl (C=O) groups excluding carboxylic acids is 5. The number of amides is 2. The molecule has 0 spiro atoms. The lowest BCUT2D eigenvalue weighted by atomic mass is 10.0. The Hall–Kier alpha value is -4.75. The van der Waals surface area contributed by atoms with Crippen molar-refractivity contribution in [2.24, 2.45) is 0 Å². The van der Waals surface area contributed by atoms with Crippen molar-refractivity contribution in [1.29, 1.82) is 0 Å². The van der Waals surface area contributed by atoms with Gasteiger partial charge in [0.05, 0.1) is 13.4 Å². The summed E-state index contributed by atoms with van der Waals surface area (Å²) in [7, 11) is 0.971. The molecule has 0 aliphatic rings. The van der Waals surface area contributed by atoms with Gasteiger partial charge in [-0.05, 0) is 5.56 Å².